The van der Waals surface area contributed by atoms with Crippen molar-refractivity contribution in [3.8, 4) is 0 Å². The number of halogens is 1. The number of rotatable bonds is 1. The maximum atomic E-state index is 13.6. The largest absolute Gasteiger partial charge is 0.399 e. The average Bonchev–Trinajstić information content (AvgIpc) is 2.28. The predicted octanol–water partition coefficient (Wildman–Crippen LogP) is 2.28. The average molecular weight is 236 g/mol. The van der Waals surface area contributed by atoms with Crippen molar-refractivity contribution in [3.05, 3.63) is 29.6 Å². The van der Waals surface area contributed by atoms with Gasteiger partial charge in [-0.1, -0.05) is 6.92 Å². The van der Waals surface area contributed by atoms with Crippen LogP contribution in [-0.4, -0.2) is 23.9 Å². The summed E-state index contributed by atoms with van der Waals surface area (Å²) in [7, 11) is 0. The smallest absolute Gasteiger partial charge is 0.256 e. The summed E-state index contributed by atoms with van der Waals surface area (Å²) in [6, 6.07) is 4.22. The van der Waals surface area contributed by atoms with Gasteiger partial charge in [0.15, 0.2) is 0 Å². The van der Waals surface area contributed by atoms with E-state index in [4.69, 9.17) is 5.73 Å². The van der Waals surface area contributed by atoms with Crippen molar-refractivity contribution < 1.29 is 9.18 Å². The van der Waals surface area contributed by atoms with Gasteiger partial charge in [-0.05, 0) is 37.0 Å². The second-order valence-corrected chi connectivity index (χ2v) is 4.74. The number of nitrogen functional groups attached to an aromatic ring is 1. The summed E-state index contributed by atoms with van der Waals surface area (Å²) in [5.74, 6) is -0.271. The van der Waals surface area contributed by atoms with Gasteiger partial charge in [0.25, 0.3) is 5.91 Å². The van der Waals surface area contributed by atoms with Crippen LogP contribution in [0, 0.1) is 11.7 Å². The number of hydrogen-bond acceptors (Lipinski definition) is 2. The number of benzene rings is 1. The summed E-state index contributed by atoms with van der Waals surface area (Å²) in [6.45, 7) is 3.54. The molecule has 1 fully saturated rings. The van der Waals surface area contributed by atoms with E-state index in [1.165, 1.54) is 12.1 Å². The first-order valence-electron chi connectivity index (χ1n) is 5.92. The zero-order chi connectivity index (χ0) is 12.4. The molecule has 0 radical (unpaired) electrons. The van der Waals surface area contributed by atoms with Crippen LogP contribution in [0.4, 0.5) is 10.1 Å². The summed E-state index contributed by atoms with van der Waals surface area (Å²) in [5.41, 5.74) is 5.92. The molecule has 1 amide bonds. The molecule has 92 valence electrons. The minimum Gasteiger partial charge on any atom is -0.399 e. The van der Waals surface area contributed by atoms with Gasteiger partial charge >= 0.3 is 0 Å². The SMILES string of the molecule is CC1CCCN(C(=O)c2ccc(N)cc2F)C1. The topological polar surface area (TPSA) is 46.3 Å². The molecule has 3 nitrogen and oxygen atoms in total. The summed E-state index contributed by atoms with van der Waals surface area (Å²) < 4.78 is 13.6. The summed E-state index contributed by atoms with van der Waals surface area (Å²) >= 11 is 0. The first-order valence-corrected chi connectivity index (χ1v) is 5.92. The van der Waals surface area contributed by atoms with E-state index < -0.39 is 5.82 Å². The lowest BCUT2D eigenvalue weighted by Gasteiger charge is -2.31. The molecule has 4 heteroatoms. The molecular weight excluding hydrogens is 219 g/mol. The molecular formula is C13H17FN2O. The Bertz CT molecular complexity index is 433. The quantitative estimate of drug-likeness (QED) is 0.760. The van der Waals surface area contributed by atoms with Crippen LogP contribution in [0.15, 0.2) is 18.2 Å². The second kappa shape index (κ2) is 4.73. The molecule has 1 unspecified atom stereocenters. The first kappa shape index (κ1) is 11.9. The van der Waals surface area contributed by atoms with Crippen LogP contribution >= 0.6 is 0 Å². The van der Waals surface area contributed by atoms with Crippen LogP contribution in [0.5, 0.6) is 0 Å². The van der Waals surface area contributed by atoms with Crippen LogP contribution in [0.1, 0.15) is 30.1 Å². The van der Waals surface area contributed by atoms with Crippen LogP contribution < -0.4 is 5.73 Å². The Hall–Kier alpha value is -1.58. The number of nitrogens with zero attached hydrogens (tertiary/aromatic N) is 1. The maximum absolute atomic E-state index is 13.6. The van der Waals surface area contributed by atoms with E-state index in [9.17, 15) is 9.18 Å². The summed E-state index contributed by atoms with van der Waals surface area (Å²) in [6.07, 6.45) is 2.12. The van der Waals surface area contributed by atoms with E-state index in [0.29, 0.717) is 24.7 Å². The van der Waals surface area contributed by atoms with Gasteiger partial charge < -0.3 is 10.6 Å². The van der Waals surface area contributed by atoms with Crippen LogP contribution in [0.25, 0.3) is 0 Å². The third kappa shape index (κ3) is 2.57. The molecule has 0 spiro atoms. The number of anilines is 1. The van der Waals surface area contributed by atoms with Crippen molar-refractivity contribution in [2.45, 2.75) is 19.8 Å². The van der Waals surface area contributed by atoms with Crippen LogP contribution in [-0.2, 0) is 0 Å². The third-order valence-corrected chi connectivity index (χ3v) is 3.17. The van der Waals surface area contributed by atoms with Crippen molar-refractivity contribution in [1.82, 2.24) is 4.90 Å². The van der Waals surface area contributed by atoms with Gasteiger partial charge in [0.05, 0.1) is 5.56 Å². The van der Waals surface area contributed by atoms with E-state index in [1.807, 2.05) is 0 Å². The highest BCUT2D eigenvalue weighted by molar-refractivity contribution is 5.94. The zero-order valence-electron chi connectivity index (χ0n) is 9.95. The molecule has 1 aliphatic heterocycles. The Morgan fingerprint density at radius 2 is 2.29 bits per heavy atom. The third-order valence-electron chi connectivity index (χ3n) is 3.17. The standard InChI is InChI=1S/C13H17FN2O/c1-9-3-2-6-16(8-9)13(17)11-5-4-10(15)7-12(11)14/h4-5,7,9H,2-3,6,8,15H2,1H3. The minimum absolute atomic E-state index is 0.119. The van der Waals surface area contributed by atoms with Crippen LogP contribution in [0.3, 0.4) is 0 Å². The van der Waals surface area contributed by atoms with Gasteiger partial charge in [-0.3, -0.25) is 4.79 Å². The molecule has 2 rings (SSSR count). The van der Waals surface area contributed by atoms with E-state index >= 15 is 0 Å². The maximum Gasteiger partial charge on any atom is 0.256 e. The number of carbonyl (C=O) groups excluding carboxylic acids is 1. The van der Waals surface area contributed by atoms with E-state index in [-0.39, 0.29) is 11.5 Å². The lowest BCUT2D eigenvalue weighted by atomic mass is 9.99. The molecule has 17 heavy (non-hydrogen) atoms. The fourth-order valence-electron chi connectivity index (χ4n) is 2.25. The normalized spacial score (nSPS) is 20.4. The Morgan fingerprint density at radius 1 is 1.53 bits per heavy atom. The molecule has 1 aliphatic rings. The highest BCUT2D eigenvalue weighted by atomic mass is 19.1. The second-order valence-electron chi connectivity index (χ2n) is 4.74. The van der Waals surface area contributed by atoms with E-state index in [1.54, 1.807) is 11.0 Å². The van der Waals surface area contributed by atoms with Gasteiger partial charge in [-0.2, -0.15) is 0 Å². The Morgan fingerprint density at radius 3 is 2.94 bits per heavy atom. The highest BCUT2D eigenvalue weighted by Gasteiger charge is 2.23. The molecule has 0 bridgehead atoms. The molecule has 0 aliphatic carbocycles. The zero-order valence-corrected chi connectivity index (χ0v) is 9.95. The Labute approximate surface area is 100 Å². The van der Waals surface area contributed by atoms with Gasteiger partial charge in [0, 0.05) is 18.8 Å². The van der Waals surface area contributed by atoms with E-state index in [2.05, 4.69) is 6.92 Å². The van der Waals surface area contributed by atoms with Gasteiger partial charge in [0.1, 0.15) is 5.82 Å². The van der Waals surface area contributed by atoms with Gasteiger partial charge in [-0.25, -0.2) is 4.39 Å². The van der Waals surface area contributed by atoms with E-state index in [0.717, 1.165) is 12.8 Å². The van der Waals surface area contributed by atoms with Crippen molar-refractivity contribution in [3.63, 3.8) is 0 Å². The first-order chi connectivity index (χ1) is 8.08. The van der Waals surface area contributed by atoms with Crippen molar-refractivity contribution >= 4 is 11.6 Å². The van der Waals surface area contributed by atoms with Crippen molar-refractivity contribution in [2.75, 3.05) is 18.8 Å². The monoisotopic (exact) mass is 236 g/mol. The molecule has 1 saturated heterocycles. The van der Waals surface area contributed by atoms with Gasteiger partial charge in [0.2, 0.25) is 0 Å². The number of amides is 1. The fourth-order valence-corrected chi connectivity index (χ4v) is 2.25. The number of hydrogen-bond donors (Lipinski definition) is 1. The van der Waals surface area contributed by atoms with Crippen molar-refractivity contribution in [2.24, 2.45) is 5.92 Å². The molecule has 1 heterocycles. The number of piperidine rings is 1. The molecule has 1 atom stereocenters. The summed E-state index contributed by atoms with van der Waals surface area (Å²) in [5, 5.41) is 0. The molecule has 1 aromatic rings. The lowest BCUT2D eigenvalue weighted by Crippen LogP contribution is -2.39. The Balaban J connectivity index is 2.18. The minimum atomic E-state index is -0.534. The molecule has 2 N–H and O–H groups in total. The molecule has 0 aromatic heterocycles. The fraction of sp³-hybridized carbons (Fsp3) is 0.462. The lowest BCUT2D eigenvalue weighted by molar-refractivity contribution is 0.0678. The number of nitrogens with two attached hydrogens (primary N) is 1. The van der Waals surface area contributed by atoms with Crippen molar-refractivity contribution in [1.29, 1.82) is 0 Å². The highest BCUT2D eigenvalue weighted by Crippen LogP contribution is 2.20. The predicted molar refractivity (Wildman–Crippen MR) is 65.1 cm³/mol. The molecule has 1 aromatic carbocycles. The Kier molecular flexibility index (Phi) is 3.31. The number of likely N-dealkylation sites (tertiary alicyclic amines) is 1. The summed E-state index contributed by atoms with van der Waals surface area (Å²) in [4.78, 5) is 13.8. The molecule has 0 saturated carbocycles. The van der Waals surface area contributed by atoms with Crippen LogP contribution in [0.2, 0.25) is 0 Å². The van der Waals surface area contributed by atoms with Gasteiger partial charge in [-0.15, -0.1) is 0 Å². The number of carbonyl (C=O) groups is 1.